The Balaban J connectivity index is 2.59. The fourth-order valence-corrected chi connectivity index (χ4v) is 1.18. The Morgan fingerprint density at radius 2 is 2.36 bits per heavy atom. The zero-order valence-corrected chi connectivity index (χ0v) is 6.19. The number of hydrogen-bond donors (Lipinski definition) is 1. The van der Waals surface area contributed by atoms with Crippen molar-refractivity contribution < 1.29 is 19.4 Å². The van der Waals surface area contributed by atoms with E-state index in [-0.39, 0.29) is 12.4 Å². The molecule has 62 valence electrons. The number of Topliss-reactive ketones (excluding diaryl/α,β-unsaturated/α-hetero) is 1. The number of ketones is 1. The maximum Gasteiger partial charge on any atom is 0.226 e. The Hall–Kier alpha value is -0.740. The molecular weight excluding hydrogens is 148 g/mol. The van der Waals surface area contributed by atoms with Crippen molar-refractivity contribution in [3.63, 3.8) is 0 Å². The lowest BCUT2D eigenvalue weighted by Gasteiger charge is -2.07. The summed E-state index contributed by atoms with van der Waals surface area (Å²) in [7, 11) is 0. The second-order valence-corrected chi connectivity index (χ2v) is 2.69. The first-order valence-electron chi connectivity index (χ1n) is 3.47. The van der Waals surface area contributed by atoms with E-state index in [4.69, 9.17) is 9.84 Å². The van der Waals surface area contributed by atoms with Crippen LogP contribution in [0.25, 0.3) is 0 Å². The number of aliphatic hydroxyl groups excluding tert-OH is 1. The van der Waals surface area contributed by atoms with Gasteiger partial charge in [-0.05, 0) is 6.92 Å². The van der Waals surface area contributed by atoms with Crippen LogP contribution < -0.4 is 0 Å². The number of rotatable bonds is 2. The summed E-state index contributed by atoms with van der Waals surface area (Å²) in [6.45, 7) is 1.75. The van der Waals surface area contributed by atoms with E-state index in [1.807, 2.05) is 0 Å². The molecule has 1 saturated heterocycles. The third-order valence-corrected chi connectivity index (χ3v) is 1.70. The molecule has 4 nitrogen and oxygen atoms in total. The Labute approximate surface area is 64.2 Å². The number of aliphatic hydroxyl groups is 1. The highest BCUT2D eigenvalue weighted by atomic mass is 16.5. The summed E-state index contributed by atoms with van der Waals surface area (Å²) in [6, 6.07) is 0. The van der Waals surface area contributed by atoms with E-state index in [1.54, 1.807) is 6.92 Å². The number of carbonyl (C=O) groups is 2. The molecular formula is C7H10O4. The second kappa shape index (κ2) is 3.11. The van der Waals surface area contributed by atoms with Crippen LogP contribution in [0.4, 0.5) is 0 Å². The summed E-state index contributed by atoms with van der Waals surface area (Å²) >= 11 is 0. The van der Waals surface area contributed by atoms with Crippen LogP contribution in [0.1, 0.15) is 13.3 Å². The highest BCUT2D eigenvalue weighted by Crippen LogP contribution is 2.19. The van der Waals surface area contributed by atoms with Crippen molar-refractivity contribution in [2.45, 2.75) is 31.7 Å². The Morgan fingerprint density at radius 1 is 1.73 bits per heavy atom. The van der Waals surface area contributed by atoms with E-state index in [1.165, 1.54) is 0 Å². The summed E-state index contributed by atoms with van der Waals surface area (Å²) in [5, 5.41) is 9.16. The van der Waals surface area contributed by atoms with Gasteiger partial charge in [-0.3, -0.25) is 9.59 Å². The van der Waals surface area contributed by atoms with Crippen molar-refractivity contribution in [1.29, 1.82) is 0 Å². The molecule has 0 amide bonds. The van der Waals surface area contributed by atoms with Gasteiger partial charge in [0.05, 0.1) is 12.2 Å². The van der Waals surface area contributed by atoms with Crippen molar-refractivity contribution in [1.82, 2.24) is 0 Å². The molecule has 0 aromatic heterocycles. The molecule has 11 heavy (non-hydrogen) atoms. The molecule has 1 aliphatic heterocycles. The average Bonchev–Trinajstić information content (AvgIpc) is 2.28. The van der Waals surface area contributed by atoms with Gasteiger partial charge in [-0.1, -0.05) is 0 Å². The van der Waals surface area contributed by atoms with Crippen molar-refractivity contribution >= 4 is 12.1 Å². The van der Waals surface area contributed by atoms with Crippen molar-refractivity contribution in [2.75, 3.05) is 0 Å². The first-order chi connectivity index (χ1) is 5.15. The van der Waals surface area contributed by atoms with Crippen LogP contribution in [0.5, 0.6) is 0 Å². The largest absolute Gasteiger partial charge is 0.390 e. The lowest BCUT2D eigenvalue weighted by atomic mass is 10.1. The summed E-state index contributed by atoms with van der Waals surface area (Å²) in [5.41, 5.74) is 0. The lowest BCUT2D eigenvalue weighted by molar-refractivity contribution is -0.139. The SMILES string of the molecule is C[C@H]1CC(O)[C@@H](C(=O)C=O)O1. The first-order valence-corrected chi connectivity index (χ1v) is 3.47. The van der Waals surface area contributed by atoms with E-state index >= 15 is 0 Å². The molecule has 1 fully saturated rings. The van der Waals surface area contributed by atoms with Gasteiger partial charge in [0.2, 0.25) is 5.78 Å². The Morgan fingerprint density at radius 3 is 2.73 bits per heavy atom. The molecule has 0 aliphatic carbocycles. The fourth-order valence-electron chi connectivity index (χ4n) is 1.18. The van der Waals surface area contributed by atoms with Crippen molar-refractivity contribution in [3.05, 3.63) is 0 Å². The van der Waals surface area contributed by atoms with Crippen LogP contribution in [-0.4, -0.2) is 35.5 Å². The van der Waals surface area contributed by atoms with Gasteiger partial charge < -0.3 is 9.84 Å². The predicted octanol–water partition coefficient (Wildman–Crippen LogP) is -0.707. The number of hydrogen-bond acceptors (Lipinski definition) is 4. The smallest absolute Gasteiger partial charge is 0.226 e. The van der Waals surface area contributed by atoms with Crippen molar-refractivity contribution in [3.8, 4) is 0 Å². The molecule has 0 spiro atoms. The zero-order chi connectivity index (χ0) is 8.43. The van der Waals surface area contributed by atoms with Crippen molar-refractivity contribution in [2.24, 2.45) is 0 Å². The minimum atomic E-state index is -0.928. The van der Waals surface area contributed by atoms with Crippen LogP contribution in [-0.2, 0) is 14.3 Å². The molecule has 1 aliphatic rings. The maximum absolute atomic E-state index is 10.7. The Bertz CT molecular complexity index is 177. The van der Waals surface area contributed by atoms with Crippen LogP contribution in [0, 0.1) is 0 Å². The van der Waals surface area contributed by atoms with Gasteiger partial charge in [-0.15, -0.1) is 0 Å². The molecule has 1 rings (SSSR count). The molecule has 0 saturated carbocycles. The second-order valence-electron chi connectivity index (χ2n) is 2.69. The van der Waals surface area contributed by atoms with E-state index in [0.29, 0.717) is 6.42 Å². The minimum Gasteiger partial charge on any atom is -0.390 e. The van der Waals surface area contributed by atoms with Crippen LogP contribution >= 0.6 is 0 Å². The molecule has 4 heteroatoms. The molecule has 1 N–H and O–H groups in total. The van der Waals surface area contributed by atoms with E-state index < -0.39 is 18.0 Å². The summed E-state index contributed by atoms with van der Waals surface area (Å²) in [6.07, 6.45) is -1.28. The molecule has 0 radical (unpaired) electrons. The number of aldehydes is 1. The first kappa shape index (κ1) is 8.36. The fraction of sp³-hybridized carbons (Fsp3) is 0.714. The van der Waals surface area contributed by atoms with Gasteiger partial charge in [0.1, 0.15) is 6.10 Å². The van der Waals surface area contributed by atoms with Crippen LogP contribution in [0.3, 0.4) is 0 Å². The van der Waals surface area contributed by atoms with E-state index in [2.05, 4.69) is 0 Å². The monoisotopic (exact) mass is 158 g/mol. The third kappa shape index (κ3) is 1.64. The molecule has 1 unspecified atom stereocenters. The molecule has 0 bridgehead atoms. The van der Waals surface area contributed by atoms with Gasteiger partial charge in [-0.25, -0.2) is 0 Å². The van der Waals surface area contributed by atoms with Gasteiger partial charge in [0.25, 0.3) is 0 Å². The Kier molecular flexibility index (Phi) is 2.36. The molecule has 1 heterocycles. The standard InChI is InChI=1S/C7H10O4/c1-4-2-5(9)7(11-4)6(10)3-8/h3-5,7,9H,2H2,1H3/t4-,5?,7-/m0/s1. The highest BCUT2D eigenvalue weighted by molar-refractivity contribution is 6.27. The topological polar surface area (TPSA) is 63.6 Å². The number of ether oxygens (including phenoxy) is 1. The summed E-state index contributed by atoms with van der Waals surface area (Å²) in [5.74, 6) is -0.679. The molecule has 0 aromatic rings. The maximum atomic E-state index is 10.7. The van der Waals surface area contributed by atoms with Gasteiger partial charge in [-0.2, -0.15) is 0 Å². The van der Waals surface area contributed by atoms with Crippen LogP contribution in [0.15, 0.2) is 0 Å². The number of carbonyl (C=O) groups excluding carboxylic acids is 2. The molecule has 3 atom stereocenters. The van der Waals surface area contributed by atoms with Gasteiger partial charge >= 0.3 is 0 Å². The third-order valence-electron chi connectivity index (χ3n) is 1.70. The summed E-state index contributed by atoms with van der Waals surface area (Å²) < 4.78 is 5.00. The summed E-state index contributed by atoms with van der Waals surface area (Å²) in [4.78, 5) is 20.7. The predicted molar refractivity (Wildman–Crippen MR) is 36.0 cm³/mol. The van der Waals surface area contributed by atoms with E-state index in [9.17, 15) is 9.59 Å². The normalized spacial score (nSPS) is 37.1. The lowest BCUT2D eigenvalue weighted by Crippen LogP contribution is -2.31. The van der Waals surface area contributed by atoms with Gasteiger partial charge in [0.15, 0.2) is 6.29 Å². The van der Waals surface area contributed by atoms with Gasteiger partial charge in [0, 0.05) is 6.42 Å². The zero-order valence-electron chi connectivity index (χ0n) is 6.19. The highest BCUT2D eigenvalue weighted by Gasteiger charge is 2.36. The minimum absolute atomic E-state index is 0.140. The molecule has 0 aromatic carbocycles. The quantitative estimate of drug-likeness (QED) is 0.426. The van der Waals surface area contributed by atoms with Crippen LogP contribution in [0.2, 0.25) is 0 Å². The van der Waals surface area contributed by atoms with E-state index in [0.717, 1.165) is 0 Å². The average molecular weight is 158 g/mol.